The number of carbonyl (C=O) groups is 1. The Hall–Kier alpha value is -1.25. The van der Waals surface area contributed by atoms with Crippen molar-refractivity contribution in [3.63, 3.8) is 0 Å². The van der Waals surface area contributed by atoms with Crippen molar-refractivity contribution in [2.45, 2.75) is 0 Å². The van der Waals surface area contributed by atoms with Crippen LogP contribution in [-0.4, -0.2) is 13.2 Å². The van der Waals surface area contributed by atoms with E-state index in [0.717, 1.165) is 0 Å². The predicted octanol–water partition coefficient (Wildman–Crippen LogP) is 1.04. The van der Waals surface area contributed by atoms with E-state index in [1.165, 1.54) is 13.3 Å². The zero-order valence-electron chi connectivity index (χ0n) is 5.26. The average Bonchev–Trinajstić information content (AvgIpc) is 1.89. The third-order valence-electron chi connectivity index (χ3n) is 0.619. The summed E-state index contributed by atoms with van der Waals surface area (Å²) in [5.74, 6) is 0. The highest BCUT2D eigenvalue weighted by molar-refractivity contribution is 5.68. The van der Waals surface area contributed by atoms with Gasteiger partial charge in [-0.15, -0.1) is 0 Å². The predicted molar refractivity (Wildman–Crippen MR) is 34.9 cm³/mol. The minimum absolute atomic E-state index is 0.479. The Morgan fingerprint density at radius 1 is 1.78 bits per heavy atom. The fourth-order valence-corrected chi connectivity index (χ4v) is 0.243. The van der Waals surface area contributed by atoms with Crippen LogP contribution in [0.5, 0.6) is 0 Å². The van der Waals surface area contributed by atoms with E-state index in [0.29, 0.717) is 0 Å². The van der Waals surface area contributed by atoms with Crippen molar-refractivity contribution < 1.29 is 9.53 Å². The number of rotatable bonds is 2. The quantitative estimate of drug-likeness (QED) is 0.563. The topological polar surface area (TPSA) is 38.3 Å². The van der Waals surface area contributed by atoms with Crippen molar-refractivity contribution >= 4 is 6.09 Å². The molecule has 0 saturated carbocycles. The maximum absolute atomic E-state index is 10.3. The molecule has 9 heavy (non-hydrogen) atoms. The zero-order valence-corrected chi connectivity index (χ0v) is 5.26. The lowest BCUT2D eigenvalue weighted by atomic mass is 10.6. The molecule has 0 spiro atoms. The molecule has 0 aliphatic rings. The molecule has 0 aromatic heterocycles. The van der Waals surface area contributed by atoms with E-state index in [-0.39, 0.29) is 0 Å². The van der Waals surface area contributed by atoms with Crippen LogP contribution in [0.3, 0.4) is 0 Å². The van der Waals surface area contributed by atoms with E-state index in [2.05, 4.69) is 16.6 Å². The molecule has 0 saturated heterocycles. The number of ether oxygens (including phenoxy) is 1. The van der Waals surface area contributed by atoms with Crippen LogP contribution in [-0.2, 0) is 4.74 Å². The summed E-state index contributed by atoms with van der Waals surface area (Å²) in [6.45, 7) is 3.40. The van der Waals surface area contributed by atoms with E-state index in [4.69, 9.17) is 0 Å². The number of hydrogen-bond acceptors (Lipinski definition) is 2. The average molecular weight is 127 g/mol. The van der Waals surface area contributed by atoms with Gasteiger partial charge in [0.1, 0.15) is 0 Å². The highest BCUT2D eigenvalue weighted by atomic mass is 16.5. The number of alkyl carbamates (subject to hydrolysis) is 1. The Balaban J connectivity index is 3.37. The number of methoxy groups -OCH3 is 1. The second-order valence-electron chi connectivity index (χ2n) is 1.23. The third kappa shape index (κ3) is 4.61. The molecule has 3 heteroatoms. The Bertz CT molecular complexity index is 129. The Morgan fingerprint density at radius 2 is 2.44 bits per heavy atom. The summed E-state index contributed by atoms with van der Waals surface area (Å²) in [5.41, 5.74) is 0. The summed E-state index contributed by atoms with van der Waals surface area (Å²) in [7, 11) is 1.30. The smallest absolute Gasteiger partial charge is 0.410 e. The third-order valence-corrected chi connectivity index (χ3v) is 0.619. The molecule has 3 nitrogen and oxygen atoms in total. The van der Waals surface area contributed by atoms with Gasteiger partial charge < -0.3 is 4.74 Å². The number of nitrogens with one attached hydrogen (secondary N) is 1. The van der Waals surface area contributed by atoms with Gasteiger partial charge in [0.15, 0.2) is 0 Å². The van der Waals surface area contributed by atoms with E-state index in [1.54, 1.807) is 12.2 Å². The van der Waals surface area contributed by atoms with Gasteiger partial charge in [-0.2, -0.15) is 0 Å². The first-order valence-electron chi connectivity index (χ1n) is 2.43. The molecule has 0 aliphatic heterocycles. The first-order chi connectivity index (χ1) is 4.31. The minimum atomic E-state index is -0.479. The highest BCUT2D eigenvalue weighted by Crippen LogP contribution is 1.71. The molecule has 0 radical (unpaired) electrons. The van der Waals surface area contributed by atoms with E-state index in [9.17, 15) is 4.79 Å². The van der Waals surface area contributed by atoms with Crippen molar-refractivity contribution in [1.29, 1.82) is 0 Å². The normalized spacial score (nSPS) is 9.00. The lowest BCUT2D eigenvalue weighted by Gasteiger charge is -1.93. The fraction of sp³-hybridized carbons (Fsp3) is 0.167. The molecule has 0 heterocycles. The van der Waals surface area contributed by atoms with Crippen LogP contribution in [0.25, 0.3) is 0 Å². The number of allylic oxidation sites excluding steroid dienone is 2. The maximum atomic E-state index is 10.3. The van der Waals surface area contributed by atoms with Gasteiger partial charge in [0.25, 0.3) is 0 Å². The summed E-state index contributed by atoms with van der Waals surface area (Å²) in [5, 5.41) is 2.32. The highest BCUT2D eigenvalue weighted by Gasteiger charge is 1.88. The van der Waals surface area contributed by atoms with Crippen LogP contribution in [0.2, 0.25) is 0 Å². The summed E-state index contributed by atoms with van der Waals surface area (Å²) < 4.78 is 4.26. The molecule has 0 aliphatic carbocycles. The van der Waals surface area contributed by atoms with Gasteiger partial charge in [0.05, 0.1) is 7.11 Å². The summed E-state index contributed by atoms with van der Waals surface area (Å²) in [4.78, 5) is 10.3. The van der Waals surface area contributed by atoms with Crippen molar-refractivity contribution in [3.05, 3.63) is 24.9 Å². The van der Waals surface area contributed by atoms with Crippen molar-refractivity contribution in [3.8, 4) is 0 Å². The summed E-state index contributed by atoms with van der Waals surface area (Å²) in [6, 6.07) is 0. The molecule has 0 rings (SSSR count). The number of hydrogen-bond donors (Lipinski definition) is 1. The van der Waals surface area contributed by atoms with Crippen LogP contribution < -0.4 is 5.32 Å². The molecule has 1 N–H and O–H groups in total. The van der Waals surface area contributed by atoms with Crippen LogP contribution in [0.1, 0.15) is 0 Å². The van der Waals surface area contributed by atoms with Crippen LogP contribution in [0.15, 0.2) is 24.9 Å². The number of carbonyl (C=O) groups excluding carboxylic acids is 1. The SMILES string of the molecule is C=C/C=C/NC(=O)OC. The number of amides is 1. The molecule has 0 fully saturated rings. The maximum Gasteiger partial charge on any atom is 0.410 e. The van der Waals surface area contributed by atoms with Crippen LogP contribution in [0.4, 0.5) is 4.79 Å². The second-order valence-corrected chi connectivity index (χ2v) is 1.23. The van der Waals surface area contributed by atoms with Crippen molar-refractivity contribution in [2.75, 3.05) is 7.11 Å². The lowest BCUT2D eigenvalue weighted by Crippen LogP contribution is -2.15. The molecular formula is C6H9NO2. The zero-order chi connectivity index (χ0) is 7.11. The Labute approximate surface area is 54.0 Å². The standard InChI is InChI=1S/C6H9NO2/c1-3-4-5-7-6(8)9-2/h3-5H,1H2,2H3,(H,7,8)/b5-4+. The van der Waals surface area contributed by atoms with Crippen LogP contribution >= 0.6 is 0 Å². The first kappa shape index (κ1) is 7.75. The van der Waals surface area contributed by atoms with Crippen molar-refractivity contribution in [1.82, 2.24) is 5.32 Å². The van der Waals surface area contributed by atoms with Gasteiger partial charge >= 0.3 is 6.09 Å². The largest absolute Gasteiger partial charge is 0.453 e. The van der Waals surface area contributed by atoms with Crippen LogP contribution in [0, 0.1) is 0 Å². The summed E-state index contributed by atoms with van der Waals surface area (Å²) >= 11 is 0. The fourth-order valence-electron chi connectivity index (χ4n) is 0.243. The minimum Gasteiger partial charge on any atom is -0.453 e. The monoisotopic (exact) mass is 127 g/mol. The van der Waals surface area contributed by atoms with Gasteiger partial charge in [-0.1, -0.05) is 12.7 Å². The molecule has 0 bridgehead atoms. The van der Waals surface area contributed by atoms with Gasteiger partial charge in [-0.25, -0.2) is 4.79 Å². The lowest BCUT2D eigenvalue weighted by molar-refractivity contribution is 0.175. The molecule has 0 aromatic carbocycles. The molecule has 1 amide bonds. The Morgan fingerprint density at radius 3 is 2.89 bits per heavy atom. The van der Waals surface area contributed by atoms with E-state index < -0.39 is 6.09 Å². The molecular weight excluding hydrogens is 118 g/mol. The molecule has 0 aromatic rings. The van der Waals surface area contributed by atoms with E-state index in [1.807, 2.05) is 0 Å². The van der Waals surface area contributed by atoms with Gasteiger partial charge in [-0.05, 0) is 6.08 Å². The second kappa shape index (κ2) is 4.90. The molecule has 0 unspecified atom stereocenters. The summed E-state index contributed by atoms with van der Waals surface area (Å²) in [6.07, 6.45) is 4.11. The van der Waals surface area contributed by atoms with Crippen molar-refractivity contribution in [2.24, 2.45) is 0 Å². The Kier molecular flexibility index (Phi) is 4.22. The molecule has 50 valence electrons. The first-order valence-corrected chi connectivity index (χ1v) is 2.43. The van der Waals surface area contributed by atoms with Gasteiger partial charge in [0, 0.05) is 6.20 Å². The molecule has 0 atom stereocenters. The van der Waals surface area contributed by atoms with Gasteiger partial charge in [0.2, 0.25) is 0 Å². The van der Waals surface area contributed by atoms with Gasteiger partial charge in [-0.3, -0.25) is 5.32 Å². The van der Waals surface area contributed by atoms with E-state index >= 15 is 0 Å².